The van der Waals surface area contributed by atoms with E-state index < -0.39 is 0 Å². The predicted octanol–water partition coefficient (Wildman–Crippen LogP) is 4.48. The minimum absolute atomic E-state index is 0. The van der Waals surface area contributed by atoms with Gasteiger partial charge in [-0.05, 0) is 29.1 Å². The molecule has 0 aromatic heterocycles. The fourth-order valence-corrected chi connectivity index (χ4v) is 2.17. The molecule has 0 nitrogen and oxygen atoms in total. The van der Waals surface area contributed by atoms with Gasteiger partial charge in [-0.3, -0.25) is 0 Å². The smallest absolute Gasteiger partial charge is 0 e. The first-order valence-electron chi connectivity index (χ1n) is 5.48. The number of benzene rings is 3. The van der Waals surface area contributed by atoms with E-state index in [-0.39, 0.29) is 21.1 Å². The largest absolute Gasteiger partial charge is 0.199 e. The molecule has 0 atom stereocenters. The van der Waals surface area contributed by atoms with Crippen LogP contribution >= 0.6 is 0 Å². The summed E-state index contributed by atoms with van der Waals surface area (Å²) in [5.74, 6) is 0. The van der Waals surface area contributed by atoms with E-state index in [2.05, 4.69) is 62.4 Å². The second kappa shape index (κ2) is 4.55. The molecule has 3 rings (SSSR count). The van der Waals surface area contributed by atoms with Crippen LogP contribution in [0.3, 0.4) is 0 Å². The topological polar surface area (TPSA) is 0 Å². The van der Waals surface area contributed by atoms with Gasteiger partial charge in [-0.1, -0.05) is 35.2 Å². The van der Waals surface area contributed by atoms with Gasteiger partial charge in [0.25, 0.3) is 0 Å². The molecule has 0 N–H and O–H groups in total. The average molecular weight is 389 g/mol. The van der Waals surface area contributed by atoms with Crippen LogP contribution in [-0.4, -0.2) is 0 Å². The first-order chi connectivity index (χ1) is 7.72. The van der Waals surface area contributed by atoms with Gasteiger partial charge in [0, 0.05) is 21.1 Å². The van der Waals surface area contributed by atoms with E-state index in [1.807, 2.05) is 0 Å². The van der Waals surface area contributed by atoms with Crippen molar-refractivity contribution >= 4 is 21.5 Å². The Morgan fingerprint density at radius 3 is 2.00 bits per heavy atom. The van der Waals surface area contributed by atoms with Crippen LogP contribution in [-0.2, 0) is 21.1 Å². The van der Waals surface area contributed by atoms with Gasteiger partial charge in [0.1, 0.15) is 0 Å². The molecule has 0 saturated heterocycles. The van der Waals surface area contributed by atoms with Gasteiger partial charge >= 0.3 is 0 Å². The minimum Gasteiger partial charge on any atom is -0.199 e. The molecule has 17 heavy (non-hydrogen) atoms. The molecule has 1 heteroatoms. The summed E-state index contributed by atoms with van der Waals surface area (Å²) in [6.45, 7) is 6.09. The van der Waals surface area contributed by atoms with Crippen LogP contribution in [0.25, 0.3) is 21.5 Å². The number of hydrogen-bond acceptors (Lipinski definition) is 0. The maximum atomic E-state index is 3.96. The van der Waals surface area contributed by atoms with Gasteiger partial charge in [-0.25, -0.2) is 0 Å². The molecule has 0 aliphatic heterocycles. The Morgan fingerprint density at radius 1 is 0.706 bits per heavy atom. The van der Waals surface area contributed by atoms with Crippen LogP contribution in [0.1, 0.15) is 11.1 Å². The Kier molecular flexibility index (Phi) is 3.26. The molecule has 3 aromatic carbocycles. The molecule has 0 amide bonds. The fraction of sp³-hybridized carbons (Fsp3) is 0.0625. The van der Waals surface area contributed by atoms with Crippen molar-refractivity contribution in [3.8, 4) is 0 Å². The quantitative estimate of drug-likeness (QED) is 0.393. The van der Waals surface area contributed by atoms with Gasteiger partial charge in [-0.15, -0.1) is 6.07 Å². The molecule has 0 bridgehead atoms. The van der Waals surface area contributed by atoms with Crippen molar-refractivity contribution in [2.24, 2.45) is 0 Å². The van der Waals surface area contributed by atoms with Crippen LogP contribution in [0.2, 0.25) is 0 Å². The molecule has 0 fully saturated rings. The van der Waals surface area contributed by atoms with Crippen molar-refractivity contribution in [2.75, 3.05) is 0 Å². The molecule has 0 aliphatic carbocycles. The van der Waals surface area contributed by atoms with Crippen molar-refractivity contribution in [1.82, 2.24) is 0 Å². The average Bonchev–Trinajstić information content (AvgIpc) is 2.26. The molecule has 3 aromatic rings. The molecule has 0 heterocycles. The number of hydrogen-bond donors (Lipinski definition) is 0. The summed E-state index contributed by atoms with van der Waals surface area (Å²) in [5, 5.41) is 5.15. The third-order valence-corrected chi connectivity index (χ3v) is 3.02. The molecule has 0 radical (unpaired) electrons. The molecular weight excluding hydrogens is 376 g/mol. The number of fused-ring (bicyclic) bond motifs is 2. The van der Waals surface area contributed by atoms with Crippen molar-refractivity contribution in [2.45, 2.75) is 6.92 Å². The van der Waals surface area contributed by atoms with Crippen molar-refractivity contribution in [3.05, 3.63) is 66.6 Å². The number of aryl methyl sites for hydroxylation is 1. The first kappa shape index (κ1) is 12.2. The second-order valence-corrected chi connectivity index (χ2v) is 4.38. The summed E-state index contributed by atoms with van der Waals surface area (Å²) < 4.78 is 0. The Bertz CT molecular complexity index is 622. The zero-order chi connectivity index (χ0) is 11.1. The molecule has 0 aliphatic rings. The van der Waals surface area contributed by atoms with E-state index in [4.69, 9.17) is 0 Å². The molecular formula is C16H13W-. The van der Waals surface area contributed by atoms with Crippen molar-refractivity contribution in [3.63, 3.8) is 0 Å². The first-order valence-corrected chi connectivity index (χ1v) is 5.48. The zero-order valence-electron chi connectivity index (χ0n) is 9.73. The minimum atomic E-state index is 0. The standard InChI is InChI=1S/C16H13.W/c1-11-3-5-13-10-16-8-12(2)4-6-14(16)9-15(13)7-11;/h3-10H,1H2,2H3;/q-1;. The van der Waals surface area contributed by atoms with Gasteiger partial charge in [0.2, 0.25) is 0 Å². The summed E-state index contributed by atoms with van der Waals surface area (Å²) >= 11 is 0. The maximum absolute atomic E-state index is 3.96. The van der Waals surface area contributed by atoms with Gasteiger partial charge in [0.15, 0.2) is 0 Å². The predicted molar refractivity (Wildman–Crippen MR) is 70.7 cm³/mol. The summed E-state index contributed by atoms with van der Waals surface area (Å²) in [4.78, 5) is 0. The third-order valence-electron chi connectivity index (χ3n) is 3.02. The van der Waals surface area contributed by atoms with Crippen LogP contribution in [0, 0.1) is 13.8 Å². The SMILES string of the molecule is [CH2-]c1ccc2cc3cc(C)ccc3cc2c1.[W]. The van der Waals surface area contributed by atoms with Crippen LogP contribution in [0.4, 0.5) is 0 Å². The van der Waals surface area contributed by atoms with Crippen molar-refractivity contribution < 1.29 is 21.1 Å². The molecule has 0 spiro atoms. The summed E-state index contributed by atoms with van der Waals surface area (Å²) in [6.07, 6.45) is 0. The van der Waals surface area contributed by atoms with E-state index >= 15 is 0 Å². The maximum Gasteiger partial charge on any atom is 0 e. The van der Waals surface area contributed by atoms with Gasteiger partial charge in [-0.2, -0.15) is 24.6 Å². The van der Waals surface area contributed by atoms with Gasteiger partial charge in [0.05, 0.1) is 0 Å². The van der Waals surface area contributed by atoms with Crippen molar-refractivity contribution in [1.29, 1.82) is 0 Å². The van der Waals surface area contributed by atoms with Crippen LogP contribution in [0.15, 0.2) is 48.5 Å². The Hall–Kier alpha value is -1.26. The van der Waals surface area contributed by atoms with Gasteiger partial charge < -0.3 is 0 Å². The summed E-state index contributed by atoms with van der Waals surface area (Å²) in [7, 11) is 0. The Balaban J connectivity index is 0.00000108. The fourth-order valence-electron chi connectivity index (χ4n) is 2.17. The second-order valence-electron chi connectivity index (χ2n) is 4.38. The Morgan fingerprint density at radius 2 is 1.29 bits per heavy atom. The summed E-state index contributed by atoms with van der Waals surface area (Å²) in [5.41, 5.74) is 2.37. The van der Waals surface area contributed by atoms with E-state index in [1.54, 1.807) is 0 Å². The molecule has 0 unspecified atom stereocenters. The zero-order valence-corrected chi connectivity index (χ0v) is 12.7. The molecule has 0 saturated carbocycles. The van der Waals surface area contributed by atoms with E-state index in [0.717, 1.165) is 5.56 Å². The monoisotopic (exact) mass is 389 g/mol. The van der Waals surface area contributed by atoms with E-state index in [1.165, 1.54) is 27.1 Å². The normalized spacial score (nSPS) is 10.4. The van der Waals surface area contributed by atoms with Crippen LogP contribution in [0.5, 0.6) is 0 Å². The summed E-state index contributed by atoms with van der Waals surface area (Å²) in [6, 6.07) is 17.4. The van der Waals surface area contributed by atoms with Crippen LogP contribution < -0.4 is 0 Å². The Labute approximate surface area is 116 Å². The molecule has 84 valence electrons. The number of rotatable bonds is 0. The van der Waals surface area contributed by atoms with E-state index in [0.29, 0.717) is 0 Å². The third kappa shape index (κ3) is 2.23. The van der Waals surface area contributed by atoms with E-state index in [9.17, 15) is 0 Å².